The highest BCUT2D eigenvalue weighted by atomic mass is 15.3. The van der Waals surface area contributed by atoms with Crippen molar-refractivity contribution in [3.63, 3.8) is 0 Å². The summed E-state index contributed by atoms with van der Waals surface area (Å²) >= 11 is 0. The van der Waals surface area contributed by atoms with E-state index >= 15 is 0 Å². The lowest BCUT2D eigenvalue weighted by Gasteiger charge is -2.37. The fourth-order valence-electron chi connectivity index (χ4n) is 6.37. The van der Waals surface area contributed by atoms with Gasteiger partial charge in [-0.25, -0.2) is 0 Å². The molecule has 3 heteroatoms. The van der Waals surface area contributed by atoms with Crippen molar-refractivity contribution >= 4 is 20.6 Å². The minimum Gasteiger partial charge on any atom is -0.304 e. The molecular formula is C37H38BN2. The molecule has 2 aliphatic carbocycles. The van der Waals surface area contributed by atoms with E-state index < -0.39 is 0 Å². The molecule has 4 aromatic rings. The predicted molar refractivity (Wildman–Crippen MR) is 172 cm³/mol. The van der Waals surface area contributed by atoms with E-state index in [2.05, 4.69) is 140 Å². The van der Waals surface area contributed by atoms with Crippen molar-refractivity contribution in [2.45, 2.75) is 26.3 Å². The minimum atomic E-state index is 0. The molecule has 7 rings (SSSR count). The Bertz CT molecular complexity index is 1510. The largest absolute Gasteiger partial charge is 0.304 e. The van der Waals surface area contributed by atoms with Crippen LogP contribution in [0.5, 0.6) is 0 Å². The second-order valence-corrected chi connectivity index (χ2v) is 11.2. The lowest BCUT2D eigenvalue weighted by Crippen LogP contribution is -2.45. The van der Waals surface area contributed by atoms with Crippen molar-refractivity contribution in [2.24, 2.45) is 0 Å². The normalized spacial score (nSPS) is 18.0. The van der Waals surface area contributed by atoms with E-state index in [0.29, 0.717) is 6.04 Å². The second-order valence-electron chi connectivity index (χ2n) is 11.2. The maximum absolute atomic E-state index is 2.65. The summed E-state index contributed by atoms with van der Waals surface area (Å²) in [6.07, 6.45) is 5.83. The maximum Gasteiger partial charge on any atom is 0.0568 e. The summed E-state index contributed by atoms with van der Waals surface area (Å²) in [5.74, 6) is 0. The van der Waals surface area contributed by atoms with Crippen molar-refractivity contribution in [1.82, 2.24) is 9.80 Å². The molecule has 1 unspecified atom stereocenters. The highest BCUT2D eigenvalue weighted by Gasteiger charge is 2.31. The smallest absolute Gasteiger partial charge is 0.0568 e. The van der Waals surface area contributed by atoms with E-state index in [1.807, 2.05) is 0 Å². The summed E-state index contributed by atoms with van der Waals surface area (Å²) in [6.45, 7) is 9.13. The van der Waals surface area contributed by atoms with E-state index in [1.54, 1.807) is 0 Å². The van der Waals surface area contributed by atoms with Crippen LogP contribution in [0.25, 0.3) is 34.4 Å². The summed E-state index contributed by atoms with van der Waals surface area (Å²) in [5, 5.41) is 0. The quantitative estimate of drug-likeness (QED) is 0.252. The molecule has 2 nitrogen and oxygen atoms in total. The van der Waals surface area contributed by atoms with Crippen LogP contribution < -0.4 is 0 Å². The van der Waals surface area contributed by atoms with Gasteiger partial charge in [0.1, 0.15) is 0 Å². The Kier molecular flexibility index (Phi) is 8.54. The number of likely N-dealkylation sites (N-methyl/N-ethyl adjacent to an activating group) is 1. The molecule has 4 aromatic carbocycles. The maximum atomic E-state index is 2.65. The van der Waals surface area contributed by atoms with Gasteiger partial charge in [-0.2, -0.15) is 0 Å². The van der Waals surface area contributed by atoms with Gasteiger partial charge in [0.2, 0.25) is 0 Å². The molecule has 0 aromatic heterocycles. The molecule has 1 heterocycles. The molecular weight excluding hydrogens is 483 g/mol. The predicted octanol–water partition coefficient (Wildman–Crippen LogP) is 7.99. The average Bonchev–Trinajstić information content (AvgIpc) is 3.53. The van der Waals surface area contributed by atoms with Crippen LogP contribution in [0, 0.1) is 0 Å². The zero-order valence-electron chi connectivity index (χ0n) is 24.0. The van der Waals surface area contributed by atoms with E-state index in [1.165, 1.54) is 55.7 Å². The first-order valence-corrected chi connectivity index (χ1v) is 14.2. The molecule has 0 spiro atoms. The number of allylic oxidation sites excluding steroid dienone is 1. The number of benzene rings is 4. The van der Waals surface area contributed by atoms with Crippen molar-refractivity contribution in [2.75, 3.05) is 33.2 Å². The Morgan fingerprint density at radius 3 is 1.80 bits per heavy atom. The third kappa shape index (κ3) is 5.63. The molecule has 3 radical (unpaired) electrons. The van der Waals surface area contributed by atoms with Crippen molar-refractivity contribution < 1.29 is 0 Å². The first-order chi connectivity index (χ1) is 19.1. The molecule has 199 valence electrons. The van der Waals surface area contributed by atoms with Crippen LogP contribution in [0.4, 0.5) is 0 Å². The molecule has 1 aliphatic heterocycles. The minimum absolute atomic E-state index is 0. The third-order valence-electron chi connectivity index (χ3n) is 8.37. The molecule has 0 saturated carbocycles. The molecule has 1 atom stereocenters. The lowest BCUT2D eigenvalue weighted by molar-refractivity contribution is 0.127. The number of piperazine rings is 1. The topological polar surface area (TPSA) is 6.48 Å². The summed E-state index contributed by atoms with van der Waals surface area (Å²) < 4.78 is 0. The van der Waals surface area contributed by atoms with E-state index in [4.69, 9.17) is 0 Å². The molecule has 3 aliphatic rings. The van der Waals surface area contributed by atoms with Crippen LogP contribution in [-0.2, 0) is 6.42 Å². The first kappa shape index (κ1) is 27.9. The van der Waals surface area contributed by atoms with E-state index in [-0.39, 0.29) is 8.41 Å². The van der Waals surface area contributed by atoms with Gasteiger partial charge in [0.15, 0.2) is 0 Å². The highest BCUT2D eigenvalue weighted by Crippen LogP contribution is 2.43. The van der Waals surface area contributed by atoms with Gasteiger partial charge in [-0.1, -0.05) is 120 Å². The molecule has 0 amide bonds. The Balaban J connectivity index is 0.000000167. The first-order valence-electron chi connectivity index (χ1n) is 14.2. The third-order valence-corrected chi connectivity index (χ3v) is 8.37. The van der Waals surface area contributed by atoms with Gasteiger partial charge in [0, 0.05) is 34.6 Å². The van der Waals surface area contributed by atoms with Gasteiger partial charge in [-0.15, -0.1) is 0 Å². The van der Waals surface area contributed by atoms with Crippen LogP contribution in [-0.4, -0.2) is 51.4 Å². The molecule has 0 N–H and O–H groups in total. The summed E-state index contributed by atoms with van der Waals surface area (Å²) in [5.41, 5.74) is 14.0. The second kappa shape index (κ2) is 12.2. The zero-order chi connectivity index (χ0) is 26.8. The number of hydrogen-bond donors (Lipinski definition) is 0. The molecule has 1 saturated heterocycles. The van der Waals surface area contributed by atoms with Crippen LogP contribution in [0.15, 0.2) is 108 Å². The van der Waals surface area contributed by atoms with E-state index in [0.717, 1.165) is 32.6 Å². The van der Waals surface area contributed by atoms with Crippen LogP contribution in [0.2, 0.25) is 0 Å². The van der Waals surface area contributed by atoms with Crippen LogP contribution in [0.1, 0.15) is 42.1 Å². The Labute approximate surface area is 242 Å². The average molecular weight is 522 g/mol. The van der Waals surface area contributed by atoms with Gasteiger partial charge in [0.25, 0.3) is 0 Å². The van der Waals surface area contributed by atoms with Gasteiger partial charge in [-0.3, -0.25) is 4.90 Å². The van der Waals surface area contributed by atoms with Gasteiger partial charge >= 0.3 is 0 Å². The molecule has 0 bridgehead atoms. The fourth-order valence-corrected chi connectivity index (χ4v) is 6.37. The summed E-state index contributed by atoms with van der Waals surface area (Å²) in [4.78, 5) is 5.07. The van der Waals surface area contributed by atoms with Gasteiger partial charge in [0.05, 0.1) is 6.04 Å². The summed E-state index contributed by atoms with van der Waals surface area (Å²) in [7, 11) is 2.22. The molecule has 1 fully saturated rings. The van der Waals surface area contributed by atoms with Crippen LogP contribution in [0.3, 0.4) is 0 Å². The Morgan fingerprint density at radius 2 is 1.18 bits per heavy atom. The molecule has 40 heavy (non-hydrogen) atoms. The standard InChI is InChI=1S/C21H24N2.C16H14.B/c1-16-15-20-18(17-7-4-3-5-8-17)9-6-10-19(20)21(16)23-13-11-22(2)12-14-23;1-12-10-14-8-5-9-15(16(14)11-12)13-6-3-2-4-7-13;/h3-10,15,21H,11-14H2,1-2H3;2-9,11H,10H2,1H3;. The van der Waals surface area contributed by atoms with Crippen molar-refractivity contribution in [3.8, 4) is 22.3 Å². The monoisotopic (exact) mass is 521 g/mol. The van der Waals surface area contributed by atoms with Gasteiger partial charge in [-0.05, 0) is 71.8 Å². The highest BCUT2D eigenvalue weighted by molar-refractivity contribution is 5.82. The Morgan fingerprint density at radius 1 is 0.600 bits per heavy atom. The number of nitrogens with zero attached hydrogens (tertiary/aromatic N) is 2. The number of fused-ring (bicyclic) bond motifs is 2. The summed E-state index contributed by atoms with van der Waals surface area (Å²) in [6, 6.07) is 35.2. The van der Waals surface area contributed by atoms with Crippen LogP contribution >= 0.6 is 0 Å². The fraction of sp³-hybridized carbons (Fsp3) is 0.243. The number of hydrogen-bond acceptors (Lipinski definition) is 2. The lowest BCUT2D eigenvalue weighted by atomic mass is 9.95. The van der Waals surface area contributed by atoms with E-state index in [9.17, 15) is 0 Å². The SMILES string of the molecule is CC1=Cc2c(-c3ccccc3)cccc2C1N1CCN(C)CC1.CC1=Cc2c(cccc2-c2ccccc2)C1.[B]. The number of rotatable bonds is 3. The van der Waals surface area contributed by atoms with Crippen molar-refractivity contribution in [1.29, 1.82) is 0 Å². The zero-order valence-corrected chi connectivity index (χ0v) is 24.0. The van der Waals surface area contributed by atoms with Gasteiger partial charge < -0.3 is 4.90 Å². The van der Waals surface area contributed by atoms with Crippen molar-refractivity contribution in [3.05, 3.63) is 130 Å². The Hall–Kier alpha value is -3.66.